The van der Waals surface area contributed by atoms with Crippen LogP contribution in [0.15, 0.2) is 42.5 Å². The van der Waals surface area contributed by atoms with E-state index in [9.17, 15) is 0 Å². The molecule has 0 aliphatic rings. The molecule has 0 atom stereocenters. The third-order valence-electron chi connectivity index (χ3n) is 5.27. The molecule has 0 aliphatic heterocycles. The van der Waals surface area contributed by atoms with Crippen molar-refractivity contribution in [3.8, 4) is 0 Å². The van der Waals surface area contributed by atoms with E-state index in [2.05, 4.69) is 56.3 Å². The lowest BCUT2D eigenvalue weighted by molar-refractivity contribution is 0.719. The minimum atomic E-state index is 0.846. The predicted octanol–water partition coefficient (Wildman–Crippen LogP) is 8.11. The Hall–Kier alpha value is -1.53. The Balaban J connectivity index is 2.21. The predicted molar refractivity (Wildman–Crippen MR) is 113 cm³/mol. The van der Waals surface area contributed by atoms with Crippen LogP contribution in [0.3, 0.4) is 0 Å². The van der Waals surface area contributed by atoms with E-state index in [4.69, 9.17) is 11.6 Å². The molecule has 0 fully saturated rings. The first-order valence-corrected chi connectivity index (χ1v) is 10.3. The maximum atomic E-state index is 6.38. The summed E-state index contributed by atoms with van der Waals surface area (Å²) in [6, 6.07) is 15.5. The summed E-state index contributed by atoms with van der Waals surface area (Å²) in [5, 5.41) is 6.50. The first-order valence-electron chi connectivity index (χ1n) is 9.88. The molecule has 0 spiro atoms. The van der Waals surface area contributed by atoms with Gasteiger partial charge in [0.05, 0.1) is 0 Å². The molecule has 0 radical (unpaired) electrons. The van der Waals surface area contributed by atoms with Gasteiger partial charge in [-0.05, 0) is 70.5 Å². The largest absolute Gasteiger partial charge is 0.0843 e. The van der Waals surface area contributed by atoms with Crippen LogP contribution < -0.4 is 0 Å². The highest BCUT2D eigenvalue weighted by Crippen LogP contribution is 2.36. The van der Waals surface area contributed by atoms with E-state index in [1.165, 1.54) is 71.2 Å². The molecule has 0 aromatic heterocycles. The molecular formula is C24H29Cl. The molecule has 132 valence electrons. The van der Waals surface area contributed by atoms with Crippen molar-refractivity contribution < 1.29 is 0 Å². The van der Waals surface area contributed by atoms with Gasteiger partial charge in [-0.15, -0.1) is 0 Å². The van der Waals surface area contributed by atoms with Crippen molar-refractivity contribution in [3.05, 3.63) is 58.6 Å². The van der Waals surface area contributed by atoms with Crippen LogP contribution in [-0.2, 0) is 12.8 Å². The van der Waals surface area contributed by atoms with Gasteiger partial charge in [0.1, 0.15) is 0 Å². The van der Waals surface area contributed by atoms with Gasteiger partial charge in [-0.1, -0.05) is 81.5 Å². The summed E-state index contributed by atoms with van der Waals surface area (Å²) < 4.78 is 0. The van der Waals surface area contributed by atoms with Crippen LogP contribution in [0.1, 0.15) is 63.5 Å². The van der Waals surface area contributed by atoms with E-state index >= 15 is 0 Å². The normalized spacial score (nSPS) is 11.5. The highest BCUT2D eigenvalue weighted by molar-refractivity contribution is 6.31. The van der Waals surface area contributed by atoms with E-state index in [0.29, 0.717) is 0 Å². The summed E-state index contributed by atoms with van der Waals surface area (Å²) in [5.74, 6) is 0. The molecule has 0 bridgehead atoms. The molecule has 0 heterocycles. The first-order chi connectivity index (χ1) is 12.3. The molecule has 0 saturated heterocycles. The summed E-state index contributed by atoms with van der Waals surface area (Å²) in [6.45, 7) is 4.54. The van der Waals surface area contributed by atoms with E-state index < -0.39 is 0 Å². The van der Waals surface area contributed by atoms with Crippen molar-refractivity contribution in [2.24, 2.45) is 0 Å². The van der Waals surface area contributed by atoms with Gasteiger partial charge in [0.15, 0.2) is 0 Å². The molecule has 0 unspecified atom stereocenters. The van der Waals surface area contributed by atoms with Gasteiger partial charge in [0, 0.05) is 5.02 Å². The first kappa shape index (κ1) is 18.3. The number of unbranched alkanes of at least 4 members (excludes halogenated alkanes) is 4. The zero-order valence-electron chi connectivity index (χ0n) is 15.6. The average molecular weight is 353 g/mol. The molecule has 0 N–H and O–H groups in total. The van der Waals surface area contributed by atoms with Gasteiger partial charge in [-0.3, -0.25) is 0 Å². The van der Waals surface area contributed by atoms with Crippen molar-refractivity contribution in [1.82, 2.24) is 0 Å². The molecule has 0 aliphatic carbocycles. The van der Waals surface area contributed by atoms with Crippen molar-refractivity contribution in [3.63, 3.8) is 0 Å². The van der Waals surface area contributed by atoms with Gasteiger partial charge in [-0.2, -0.15) is 0 Å². The van der Waals surface area contributed by atoms with Crippen LogP contribution in [0.5, 0.6) is 0 Å². The summed E-state index contributed by atoms with van der Waals surface area (Å²) in [7, 11) is 0. The standard InChI is InChI=1S/C24H29Cl/c1-3-5-7-11-21-19-13-9-10-14-20(19)22(12-8-6-4-2)24-17-18(25)15-16-23(21)24/h9-10,13-17H,3-8,11-12H2,1-2H3. The highest BCUT2D eigenvalue weighted by Gasteiger charge is 2.13. The van der Waals surface area contributed by atoms with Crippen LogP contribution in [0.2, 0.25) is 5.02 Å². The zero-order valence-corrected chi connectivity index (χ0v) is 16.3. The Morgan fingerprint density at radius 2 is 1.16 bits per heavy atom. The summed E-state index contributed by atoms with van der Waals surface area (Å²) in [4.78, 5) is 0. The molecule has 1 heteroatoms. The highest BCUT2D eigenvalue weighted by atomic mass is 35.5. The van der Waals surface area contributed by atoms with Gasteiger partial charge < -0.3 is 0 Å². The van der Waals surface area contributed by atoms with Gasteiger partial charge in [0.25, 0.3) is 0 Å². The SMILES string of the molecule is CCCCCc1c2ccccc2c(CCCCC)c2cc(Cl)ccc12. The number of fused-ring (bicyclic) bond motifs is 2. The van der Waals surface area contributed by atoms with Crippen LogP contribution in [0.25, 0.3) is 21.5 Å². The van der Waals surface area contributed by atoms with Crippen LogP contribution in [0, 0.1) is 0 Å². The molecule has 3 rings (SSSR count). The van der Waals surface area contributed by atoms with Crippen molar-refractivity contribution in [2.45, 2.75) is 65.2 Å². The Kier molecular flexibility index (Phi) is 6.37. The van der Waals surface area contributed by atoms with E-state index in [-0.39, 0.29) is 0 Å². The molecule has 25 heavy (non-hydrogen) atoms. The zero-order chi connectivity index (χ0) is 17.6. The van der Waals surface area contributed by atoms with Gasteiger partial charge >= 0.3 is 0 Å². The van der Waals surface area contributed by atoms with Crippen LogP contribution in [0.4, 0.5) is 0 Å². The monoisotopic (exact) mass is 352 g/mol. The minimum absolute atomic E-state index is 0.846. The Morgan fingerprint density at radius 1 is 0.640 bits per heavy atom. The third kappa shape index (κ3) is 4.01. The fourth-order valence-electron chi connectivity index (χ4n) is 3.97. The summed E-state index contributed by atoms with van der Waals surface area (Å²) >= 11 is 6.38. The lowest BCUT2D eigenvalue weighted by Gasteiger charge is -2.17. The number of halogens is 1. The molecular weight excluding hydrogens is 324 g/mol. The second kappa shape index (κ2) is 8.72. The average Bonchev–Trinajstić information content (AvgIpc) is 2.63. The maximum absolute atomic E-state index is 6.38. The smallest absolute Gasteiger partial charge is 0.0412 e. The second-order valence-electron chi connectivity index (χ2n) is 7.11. The van der Waals surface area contributed by atoms with E-state index in [0.717, 1.165) is 17.9 Å². The number of rotatable bonds is 8. The third-order valence-corrected chi connectivity index (χ3v) is 5.50. The van der Waals surface area contributed by atoms with Gasteiger partial charge in [0.2, 0.25) is 0 Å². The molecule has 3 aromatic rings. The van der Waals surface area contributed by atoms with Crippen molar-refractivity contribution >= 4 is 33.1 Å². The quantitative estimate of drug-likeness (QED) is 0.283. The Labute approximate surface area is 157 Å². The Bertz CT molecular complexity index is 847. The fourth-order valence-corrected chi connectivity index (χ4v) is 4.14. The summed E-state index contributed by atoms with van der Waals surface area (Å²) in [5.41, 5.74) is 3.00. The lowest BCUT2D eigenvalue weighted by atomic mass is 9.87. The molecule has 3 aromatic carbocycles. The maximum Gasteiger partial charge on any atom is 0.0412 e. The van der Waals surface area contributed by atoms with Gasteiger partial charge in [-0.25, -0.2) is 0 Å². The molecule has 0 nitrogen and oxygen atoms in total. The molecule has 0 amide bonds. The second-order valence-corrected chi connectivity index (χ2v) is 7.54. The summed E-state index contributed by atoms with van der Waals surface area (Å²) in [6.07, 6.45) is 9.89. The van der Waals surface area contributed by atoms with Crippen molar-refractivity contribution in [1.29, 1.82) is 0 Å². The number of benzene rings is 3. The van der Waals surface area contributed by atoms with Crippen LogP contribution in [-0.4, -0.2) is 0 Å². The van der Waals surface area contributed by atoms with E-state index in [1.54, 1.807) is 0 Å². The molecule has 0 saturated carbocycles. The Morgan fingerprint density at radius 3 is 1.72 bits per heavy atom. The van der Waals surface area contributed by atoms with Crippen molar-refractivity contribution in [2.75, 3.05) is 0 Å². The minimum Gasteiger partial charge on any atom is -0.0843 e. The lowest BCUT2D eigenvalue weighted by Crippen LogP contribution is -1.97. The number of aryl methyl sites for hydroxylation is 2. The number of hydrogen-bond donors (Lipinski definition) is 0. The fraction of sp³-hybridized carbons (Fsp3) is 0.417. The van der Waals surface area contributed by atoms with E-state index in [1.807, 2.05) is 0 Å². The van der Waals surface area contributed by atoms with Crippen LogP contribution >= 0.6 is 11.6 Å². The topological polar surface area (TPSA) is 0 Å². The number of hydrogen-bond acceptors (Lipinski definition) is 0.